The lowest BCUT2D eigenvalue weighted by Crippen LogP contribution is -2.63. The number of nitrogen functional groups attached to an aromatic ring is 9. The minimum Gasteiger partial charge on any atom is -0.397 e. The zero-order valence-corrected chi connectivity index (χ0v) is 18.7. The number of nitrogens with two attached hydrogens (primary N) is 11. The third kappa shape index (κ3) is 3.54. The Hall–Kier alpha value is -3.86. The van der Waals surface area contributed by atoms with E-state index >= 15 is 0 Å². The van der Waals surface area contributed by atoms with Crippen molar-refractivity contribution in [2.75, 3.05) is 51.6 Å². The van der Waals surface area contributed by atoms with Crippen LogP contribution in [0.3, 0.4) is 0 Å². The van der Waals surface area contributed by atoms with Gasteiger partial charge in [0, 0.05) is 5.56 Å². The van der Waals surface area contributed by atoms with Gasteiger partial charge in [0.1, 0.15) is 24.7 Å². The lowest BCUT2D eigenvalue weighted by molar-refractivity contribution is -0.380. The smallest absolute Gasteiger partial charge is 0.190 e. The molecule has 0 saturated carbocycles. The van der Waals surface area contributed by atoms with Crippen molar-refractivity contribution in [2.45, 2.75) is 37.2 Å². The van der Waals surface area contributed by atoms with Crippen molar-refractivity contribution >= 4 is 57.3 Å². The molecule has 0 bridgehead atoms. The molecule has 2 aliphatic heterocycles. The number of fused-ring (bicyclic) bond motifs is 1. The molecule has 0 aromatic heterocycles. The van der Waals surface area contributed by atoms with Crippen molar-refractivity contribution in [1.29, 1.82) is 0 Å². The highest BCUT2D eigenvalue weighted by Gasteiger charge is 2.50. The first-order chi connectivity index (χ1) is 16.4. The second-order valence-electron chi connectivity index (χ2n) is 8.23. The van der Waals surface area contributed by atoms with Crippen molar-refractivity contribution in [2.24, 2.45) is 11.5 Å². The highest BCUT2D eigenvalue weighted by molar-refractivity contribution is 5.96. The van der Waals surface area contributed by atoms with E-state index in [1.54, 1.807) is 0 Å². The zero-order chi connectivity index (χ0) is 25.9. The van der Waals surface area contributed by atoms with Gasteiger partial charge in [-0.3, -0.25) is 0 Å². The Morgan fingerprint density at radius 3 is 1.14 bits per heavy atom. The average Bonchev–Trinajstić information content (AvgIpc) is 2.81. The van der Waals surface area contributed by atoms with Crippen LogP contribution in [-0.4, -0.2) is 24.7 Å². The van der Waals surface area contributed by atoms with E-state index in [1.807, 2.05) is 0 Å². The fraction of sp³-hybridized carbons (Fsp3) is 0.300. The van der Waals surface area contributed by atoms with Crippen molar-refractivity contribution in [3.05, 3.63) is 23.3 Å². The Morgan fingerprint density at radius 1 is 0.486 bits per heavy atom. The van der Waals surface area contributed by atoms with E-state index in [-0.39, 0.29) is 62.3 Å². The normalized spacial score (nSPS) is 28.4. The molecule has 0 radical (unpaired) electrons. The second kappa shape index (κ2) is 8.42. The monoisotopic (exact) mass is 489 g/mol. The maximum atomic E-state index is 6.28. The molecule has 190 valence electrons. The third-order valence-corrected chi connectivity index (χ3v) is 6.25. The molecule has 6 atom stereocenters. The van der Waals surface area contributed by atoms with Crippen molar-refractivity contribution < 1.29 is 18.9 Å². The minimum absolute atomic E-state index is 0.0270. The molecule has 2 saturated heterocycles. The van der Waals surface area contributed by atoms with Crippen LogP contribution in [0.1, 0.15) is 29.3 Å². The van der Waals surface area contributed by atoms with E-state index in [2.05, 4.69) is 6.58 Å². The summed E-state index contributed by atoms with van der Waals surface area (Å²) >= 11 is 0. The van der Waals surface area contributed by atoms with Gasteiger partial charge in [0.05, 0.1) is 62.3 Å². The van der Waals surface area contributed by atoms with Crippen molar-refractivity contribution in [3.63, 3.8) is 0 Å². The Kier molecular flexibility index (Phi) is 5.84. The standard InChI is InChI=1S/C20H31N11O4/c1-2-3-6(21)8(23)4(9(24)7(3)22)19-32-15-16(17(30)34-19)33-20(35-18(15)31)5-10(25)12(27)14(29)13(28)11(5)26/h2,15-20H,1,21-31H2. The maximum absolute atomic E-state index is 6.28. The Balaban J connectivity index is 1.67. The summed E-state index contributed by atoms with van der Waals surface area (Å²) in [6.07, 6.45) is -4.95. The molecule has 22 N–H and O–H groups in total. The van der Waals surface area contributed by atoms with Crippen LogP contribution in [0.4, 0.5) is 51.2 Å². The van der Waals surface area contributed by atoms with Crippen molar-refractivity contribution in [1.82, 2.24) is 0 Å². The Morgan fingerprint density at radius 2 is 0.800 bits per heavy atom. The van der Waals surface area contributed by atoms with Crippen LogP contribution in [0.15, 0.2) is 6.58 Å². The first-order valence-electron chi connectivity index (χ1n) is 10.4. The molecule has 35 heavy (non-hydrogen) atoms. The number of hydrogen-bond donors (Lipinski definition) is 11. The molecule has 4 rings (SSSR count). The summed E-state index contributed by atoms with van der Waals surface area (Å²) in [4.78, 5) is 0. The summed E-state index contributed by atoms with van der Waals surface area (Å²) in [5, 5.41) is 0. The van der Waals surface area contributed by atoms with Crippen LogP contribution >= 0.6 is 0 Å². The molecule has 2 fully saturated rings. The number of benzene rings is 2. The van der Waals surface area contributed by atoms with Gasteiger partial charge in [-0.15, -0.1) is 0 Å². The largest absolute Gasteiger partial charge is 0.397 e. The fourth-order valence-corrected chi connectivity index (χ4v) is 4.21. The van der Waals surface area contributed by atoms with E-state index in [1.165, 1.54) is 6.08 Å². The first-order valence-corrected chi connectivity index (χ1v) is 10.4. The topological polar surface area (TPSA) is 323 Å². The Bertz CT molecular complexity index is 1150. The summed E-state index contributed by atoms with van der Waals surface area (Å²) in [5.74, 6) is 0. The molecule has 2 aromatic rings. The number of hydrogen-bond acceptors (Lipinski definition) is 15. The van der Waals surface area contributed by atoms with Crippen molar-refractivity contribution in [3.8, 4) is 0 Å². The second-order valence-corrected chi connectivity index (χ2v) is 8.23. The molecule has 15 nitrogen and oxygen atoms in total. The van der Waals surface area contributed by atoms with Gasteiger partial charge in [-0.05, 0) is 0 Å². The lowest BCUT2D eigenvalue weighted by atomic mass is 9.99. The number of ether oxygens (including phenoxy) is 4. The summed E-state index contributed by atoms with van der Waals surface area (Å²) in [6.45, 7) is 3.67. The van der Waals surface area contributed by atoms with Gasteiger partial charge >= 0.3 is 0 Å². The van der Waals surface area contributed by atoms with E-state index in [0.29, 0.717) is 5.56 Å². The molecular weight excluding hydrogens is 458 g/mol. The highest BCUT2D eigenvalue weighted by Crippen LogP contribution is 2.48. The molecule has 2 heterocycles. The summed E-state index contributed by atoms with van der Waals surface area (Å²) in [7, 11) is 0. The van der Waals surface area contributed by atoms with Gasteiger partial charge in [-0.25, -0.2) is 0 Å². The molecule has 15 heteroatoms. The van der Waals surface area contributed by atoms with Gasteiger partial charge in [0.2, 0.25) is 0 Å². The van der Waals surface area contributed by atoms with Crippen LogP contribution in [0.5, 0.6) is 0 Å². The molecule has 6 unspecified atom stereocenters. The van der Waals surface area contributed by atoms with Gasteiger partial charge in [0.25, 0.3) is 0 Å². The van der Waals surface area contributed by atoms with Crippen LogP contribution in [-0.2, 0) is 18.9 Å². The van der Waals surface area contributed by atoms with E-state index in [9.17, 15) is 0 Å². The molecule has 2 aromatic carbocycles. The molecule has 0 spiro atoms. The molecule has 0 amide bonds. The fourth-order valence-electron chi connectivity index (χ4n) is 4.21. The number of rotatable bonds is 3. The first kappa shape index (κ1) is 24.3. The predicted octanol–water partition coefficient (Wildman–Crippen LogP) is -1.33. The average molecular weight is 490 g/mol. The van der Waals surface area contributed by atoms with Crippen LogP contribution in [0, 0.1) is 0 Å². The molecule has 0 aliphatic carbocycles. The summed E-state index contributed by atoms with van der Waals surface area (Å²) in [5.41, 5.74) is 68.6. The van der Waals surface area contributed by atoms with Crippen LogP contribution in [0.25, 0.3) is 6.08 Å². The van der Waals surface area contributed by atoms with E-state index in [0.717, 1.165) is 0 Å². The summed E-state index contributed by atoms with van der Waals surface area (Å²) in [6, 6.07) is 0. The summed E-state index contributed by atoms with van der Waals surface area (Å²) < 4.78 is 23.6. The van der Waals surface area contributed by atoms with Gasteiger partial charge in [0.15, 0.2) is 12.6 Å². The Labute approximate surface area is 200 Å². The van der Waals surface area contributed by atoms with Gasteiger partial charge in [-0.2, -0.15) is 0 Å². The SMILES string of the molecule is C=Cc1c(N)c(N)c(C2OC(N)C3OC(c4c(N)c(N)c(N)c(N)c4N)OC(N)C3O2)c(N)c1N. The van der Waals surface area contributed by atoms with Gasteiger partial charge < -0.3 is 82.0 Å². The number of anilines is 9. The minimum atomic E-state index is -1.19. The quantitative estimate of drug-likeness (QED) is 0.222. The predicted molar refractivity (Wildman–Crippen MR) is 136 cm³/mol. The molecule has 2 aliphatic rings. The third-order valence-electron chi connectivity index (χ3n) is 6.25. The van der Waals surface area contributed by atoms with Crippen LogP contribution < -0.4 is 63.1 Å². The molecular formula is C20H31N11O4. The zero-order valence-electron chi connectivity index (χ0n) is 18.7. The van der Waals surface area contributed by atoms with E-state index < -0.39 is 37.2 Å². The van der Waals surface area contributed by atoms with E-state index in [4.69, 9.17) is 82.0 Å². The highest BCUT2D eigenvalue weighted by atomic mass is 16.8. The maximum Gasteiger partial charge on any atom is 0.190 e. The lowest BCUT2D eigenvalue weighted by Gasteiger charge is -2.47. The van der Waals surface area contributed by atoms with Crippen LogP contribution in [0.2, 0.25) is 0 Å². The van der Waals surface area contributed by atoms with Gasteiger partial charge in [-0.1, -0.05) is 12.7 Å².